The molecular weight excluding hydrogens is 188 g/mol. The predicted molar refractivity (Wildman–Crippen MR) is 59.4 cm³/mol. The van der Waals surface area contributed by atoms with E-state index in [-0.39, 0.29) is 0 Å². The van der Waals surface area contributed by atoms with Crippen molar-refractivity contribution in [2.24, 2.45) is 0 Å². The first-order chi connectivity index (χ1) is 7.36. The van der Waals surface area contributed by atoms with Crippen LogP contribution < -0.4 is 5.32 Å². The fourth-order valence-corrected chi connectivity index (χ4v) is 2.03. The number of nitrogens with one attached hydrogen (secondary N) is 1. The Balaban J connectivity index is 1.71. The van der Waals surface area contributed by atoms with E-state index < -0.39 is 0 Å². The van der Waals surface area contributed by atoms with Crippen molar-refractivity contribution < 1.29 is 0 Å². The number of nitrogens with zero attached hydrogens (tertiary/aromatic N) is 3. The summed E-state index contributed by atoms with van der Waals surface area (Å²) in [6.45, 7) is 3.13. The molecule has 4 nitrogen and oxygen atoms in total. The van der Waals surface area contributed by atoms with Crippen LogP contribution in [0.3, 0.4) is 0 Å². The summed E-state index contributed by atoms with van der Waals surface area (Å²) in [5.74, 6) is 0. The van der Waals surface area contributed by atoms with Gasteiger partial charge in [-0.25, -0.2) is 9.97 Å². The lowest BCUT2D eigenvalue weighted by Gasteiger charge is -2.19. The molecule has 2 heterocycles. The highest BCUT2D eigenvalue weighted by atomic mass is 15.2. The maximum absolute atomic E-state index is 4.17. The quantitative estimate of drug-likeness (QED) is 0.786. The fraction of sp³-hybridized carbons (Fsp3) is 0.636. The molecule has 0 aromatic carbocycles. The number of likely N-dealkylation sites (tertiary alicyclic amines) is 1. The third-order valence-corrected chi connectivity index (χ3v) is 3.00. The lowest BCUT2D eigenvalue weighted by molar-refractivity contribution is 0.300. The molecule has 0 spiro atoms. The van der Waals surface area contributed by atoms with E-state index in [1.54, 1.807) is 12.5 Å². The first kappa shape index (κ1) is 10.5. The summed E-state index contributed by atoms with van der Waals surface area (Å²) in [4.78, 5) is 10.5. The van der Waals surface area contributed by atoms with Gasteiger partial charge in [0.15, 0.2) is 0 Å². The van der Waals surface area contributed by atoms with Crippen LogP contribution >= 0.6 is 0 Å². The maximum Gasteiger partial charge on any atom is 0.115 e. The van der Waals surface area contributed by atoms with Crippen LogP contribution in [-0.2, 0) is 6.54 Å². The van der Waals surface area contributed by atoms with Crippen LogP contribution in [0.5, 0.6) is 0 Å². The van der Waals surface area contributed by atoms with Crippen molar-refractivity contribution in [3.8, 4) is 0 Å². The first-order valence-electron chi connectivity index (χ1n) is 5.52. The molecule has 4 heteroatoms. The summed E-state index contributed by atoms with van der Waals surface area (Å²) in [5.41, 5.74) is 1.06. The molecule has 1 aromatic rings. The molecule has 1 unspecified atom stereocenters. The second-order valence-electron chi connectivity index (χ2n) is 4.11. The molecule has 1 aliphatic heterocycles. The standard InChI is InChI=1S/C11H18N4/c1-15-6-2-3-11(15)8-13-7-10-4-5-12-9-14-10/h4-5,9,11,13H,2-3,6-8H2,1H3. The van der Waals surface area contributed by atoms with Gasteiger partial charge in [-0.2, -0.15) is 0 Å². The Morgan fingerprint density at radius 1 is 1.60 bits per heavy atom. The molecule has 1 aliphatic rings. The Morgan fingerprint density at radius 2 is 2.53 bits per heavy atom. The summed E-state index contributed by atoms with van der Waals surface area (Å²) in [6, 6.07) is 2.65. The topological polar surface area (TPSA) is 41.0 Å². The molecule has 1 saturated heterocycles. The van der Waals surface area contributed by atoms with Crippen LogP contribution in [0.4, 0.5) is 0 Å². The Kier molecular flexibility index (Phi) is 3.64. The largest absolute Gasteiger partial charge is 0.310 e. The van der Waals surface area contributed by atoms with Gasteiger partial charge in [-0.1, -0.05) is 0 Å². The van der Waals surface area contributed by atoms with Crippen molar-refractivity contribution >= 4 is 0 Å². The van der Waals surface area contributed by atoms with E-state index in [4.69, 9.17) is 0 Å². The Labute approximate surface area is 90.7 Å². The fourth-order valence-electron chi connectivity index (χ4n) is 2.03. The third kappa shape index (κ3) is 2.97. The van der Waals surface area contributed by atoms with Gasteiger partial charge in [0, 0.05) is 25.3 Å². The molecule has 0 aliphatic carbocycles. The van der Waals surface area contributed by atoms with Crippen molar-refractivity contribution in [1.82, 2.24) is 20.2 Å². The monoisotopic (exact) mass is 206 g/mol. The van der Waals surface area contributed by atoms with Gasteiger partial charge in [-0.15, -0.1) is 0 Å². The minimum absolute atomic E-state index is 0.701. The highest BCUT2D eigenvalue weighted by Gasteiger charge is 2.19. The van der Waals surface area contributed by atoms with E-state index in [1.807, 2.05) is 6.07 Å². The second-order valence-corrected chi connectivity index (χ2v) is 4.11. The summed E-state index contributed by atoms with van der Waals surface area (Å²) in [7, 11) is 2.20. The molecule has 1 N–H and O–H groups in total. The molecular formula is C11H18N4. The average Bonchev–Trinajstić information content (AvgIpc) is 2.66. The first-order valence-corrected chi connectivity index (χ1v) is 5.52. The van der Waals surface area contributed by atoms with Crippen molar-refractivity contribution in [3.05, 3.63) is 24.3 Å². The highest BCUT2D eigenvalue weighted by Crippen LogP contribution is 2.13. The Hall–Kier alpha value is -1.00. The van der Waals surface area contributed by atoms with Gasteiger partial charge in [0.25, 0.3) is 0 Å². The highest BCUT2D eigenvalue weighted by molar-refractivity contribution is 4.97. The maximum atomic E-state index is 4.17. The van der Waals surface area contributed by atoms with Crippen molar-refractivity contribution in [2.75, 3.05) is 20.1 Å². The minimum atomic E-state index is 0.701. The summed E-state index contributed by atoms with van der Waals surface area (Å²) in [5, 5.41) is 3.44. The molecule has 15 heavy (non-hydrogen) atoms. The van der Waals surface area contributed by atoms with E-state index in [0.717, 1.165) is 18.8 Å². The van der Waals surface area contributed by atoms with E-state index in [0.29, 0.717) is 6.04 Å². The molecule has 1 atom stereocenters. The molecule has 82 valence electrons. The molecule has 0 amide bonds. The van der Waals surface area contributed by atoms with Gasteiger partial charge in [0.2, 0.25) is 0 Å². The van der Waals surface area contributed by atoms with Gasteiger partial charge in [0.1, 0.15) is 6.33 Å². The third-order valence-electron chi connectivity index (χ3n) is 3.00. The molecule has 1 fully saturated rings. The van der Waals surface area contributed by atoms with E-state index in [9.17, 15) is 0 Å². The molecule has 0 bridgehead atoms. The zero-order valence-corrected chi connectivity index (χ0v) is 9.19. The van der Waals surface area contributed by atoms with E-state index in [1.165, 1.54) is 19.4 Å². The van der Waals surface area contributed by atoms with Gasteiger partial charge in [-0.3, -0.25) is 0 Å². The Bertz CT molecular complexity index is 288. The molecule has 0 saturated carbocycles. The Morgan fingerprint density at radius 3 is 3.20 bits per heavy atom. The zero-order valence-electron chi connectivity index (χ0n) is 9.19. The predicted octanol–water partition coefficient (Wildman–Crippen LogP) is 0.660. The average molecular weight is 206 g/mol. The van der Waals surface area contributed by atoms with Gasteiger partial charge >= 0.3 is 0 Å². The van der Waals surface area contributed by atoms with Crippen molar-refractivity contribution in [2.45, 2.75) is 25.4 Å². The number of aromatic nitrogens is 2. The number of likely N-dealkylation sites (N-methyl/N-ethyl adjacent to an activating group) is 1. The van der Waals surface area contributed by atoms with Crippen molar-refractivity contribution in [1.29, 1.82) is 0 Å². The number of rotatable bonds is 4. The minimum Gasteiger partial charge on any atom is -0.310 e. The normalized spacial score (nSPS) is 22.1. The number of hydrogen-bond donors (Lipinski definition) is 1. The van der Waals surface area contributed by atoms with Crippen LogP contribution in [0, 0.1) is 0 Å². The number of hydrogen-bond acceptors (Lipinski definition) is 4. The van der Waals surface area contributed by atoms with Crippen molar-refractivity contribution in [3.63, 3.8) is 0 Å². The zero-order chi connectivity index (χ0) is 10.5. The molecule has 2 rings (SSSR count). The van der Waals surface area contributed by atoms with Gasteiger partial charge in [-0.05, 0) is 32.5 Å². The van der Waals surface area contributed by atoms with Crippen LogP contribution in [0.15, 0.2) is 18.6 Å². The summed E-state index contributed by atoms with van der Waals surface area (Å²) >= 11 is 0. The smallest absolute Gasteiger partial charge is 0.115 e. The second kappa shape index (κ2) is 5.19. The van der Waals surface area contributed by atoms with E-state index >= 15 is 0 Å². The van der Waals surface area contributed by atoms with Crippen LogP contribution in [0.2, 0.25) is 0 Å². The summed E-state index contributed by atoms with van der Waals surface area (Å²) < 4.78 is 0. The van der Waals surface area contributed by atoms with E-state index in [2.05, 4.69) is 27.2 Å². The molecule has 1 aromatic heterocycles. The lowest BCUT2D eigenvalue weighted by atomic mass is 10.2. The van der Waals surface area contributed by atoms with Gasteiger partial charge in [0.05, 0.1) is 5.69 Å². The van der Waals surface area contributed by atoms with Crippen LogP contribution in [0.1, 0.15) is 18.5 Å². The lowest BCUT2D eigenvalue weighted by Crippen LogP contribution is -2.35. The SMILES string of the molecule is CN1CCCC1CNCc1ccncn1. The molecule has 0 radical (unpaired) electrons. The van der Waals surface area contributed by atoms with Crippen LogP contribution in [0.25, 0.3) is 0 Å². The van der Waals surface area contributed by atoms with Gasteiger partial charge < -0.3 is 10.2 Å². The van der Waals surface area contributed by atoms with Crippen LogP contribution in [-0.4, -0.2) is 41.0 Å². The summed E-state index contributed by atoms with van der Waals surface area (Å²) in [6.07, 6.45) is 6.02.